The summed E-state index contributed by atoms with van der Waals surface area (Å²) in [4.78, 5) is 34.8. The number of benzene rings is 1. The van der Waals surface area contributed by atoms with Gasteiger partial charge < -0.3 is 20.9 Å². The summed E-state index contributed by atoms with van der Waals surface area (Å²) < 4.78 is 1.95. The van der Waals surface area contributed by atoms with Crippen LogP contribution < -0.4 is 16.4 Å². The second-order valence-electron chi connectivity index (χ2n) is 9.03. The Labute approximate surface area is 227 Å². The molecule has 0 bridgehead atoms. The van der Waals surface area contributed by atoms with Gasteiger partial charge in [-0.25, -0.2) is 19.9 Å². The fraction of sp³-hybridized carbons (Fsp3) is 0.241. The zero-order valence-electron chi connectivity index (χ0n) is 22.9. The molecule has 0 fully saturated rings. The first kappa shape index (κ1) is 27.2. The minimum absolute atomic E-state index is 0.226. The van der Waals surface area contributed by atoms with E-state index in [-0.39, 0.29) is 5.91 Å². The molecule has 0 radical (unpaired) electrons. The fourth-order valence-corrected chi connectivity index (χ4v) is 3.85. The molecule has 3 heterocycles. The number of nitrogens with zero attached hydrogens (tertiary/aromatic N) is 6. The lowest BCUT2D eigenvalue weighted by Crippen LogP contribution is -2.35. The summed E-state index contributed by atoms with van der Waals surface area (Å²) >= 11 is 0. The lowest BCUT2D eigenvalue weighted by atomic mass is 10.0. The van der Waals surface area contributed by atoms with Crippen molar-refractivity contribution in [1.82, 2.24) is 29.8 Å². The van der Waals surface area contributed by atoms with Gasteiger partial charge >= 0.3 is 0 Å². The van der Waals surface area contributed by atoms with Gasteiger partial charge in [0, 0.05) is 35.8 Å². The van der Waals surface area contributed by atoms with Crippen LogP contribution in [0.25, 0.3) is 16.9 Å². The van der Waals surface area contributed by atoms with Gasteiger partial charge in [-0.15, -0.1) is 0 Å². The summed E-state index contributed by atoms with van der Waals surface area (Å²) in [6.45, 7) is 7.34. The molecular weight excluding hydrogens is 490 g/mol. The van der Waals surface area contributed by atoms with Crippen molar-refractivity contribution in [2.75, 3.05) is 25.1 Å². The highest BCUT2D eigenvalue weighted by molar-refractivity contribution is 6.07. The van der Waals surface area contributed by atoms with Gasteiger partial charge in [-0.1, -0.05) is 5.92 Å². The second kappa shape index (κ2) is 11.7. The molecule has 1 amide bonds. The smallest absolute Gasteiger partial charge is 0.242 e. The van der Waals surface area contributed by atoms with Crippen LogP contribution >= 0.6 is 0 Å². The molecule has 10 nitrogen and oxygen atoms in total. The highest BCUT2D eigenvalue weighted by Gasteiger charge is 2.18. The third-order valence-electron chi connectivity index (χ3n) is 6.13. The molecule has 198 valence electrons. The van der Waals surface area contributed by atoms with E-state index in [2.05, 4.69) is 47.4 Å². The van der Waals surface area contributed by atoms with Crippen LogP contribution in [0.5, 0.6) is 0 Å². The number of amides is 1. The van der Waals surface area contributed by atoms with Crippen molar-refractivity contribution in [3.63, 3.8) is 0 Å². The molecule has 4 N–H and O–H groups in total. The van der Waals surface area contributed by atoms with Crippen molar-refractivity contribution >= 4 is 23.3 Å². The van der Waals surface area contributed by atoms with E-state index in [9.17, 15) is 4.79 Å². The molecule has 0 saturated carbocycles. The van der Waals surface area contributed by atoms with Crippen LogP contribution in [0.3, 0.4) is 0 Å². The topological polar surface area (TPSA) is 136 Å². The van der Waals surface area contributed by atoms with Crippen molar-refractivity contribution in [2.24, 2.45) is 4.99 Å². The molecule has 1 atom stereocenters. The molecule has 1 unspecified atom stereocenters. The number of pyridine rings is 1. The molecule has 0 aliphatic rings. The number of imidazole rings is 1. The normalized spacial score (nSPS) is 12.0. The maximum absolute atomic E-state index is 12.6. The summed E-state index contributed by atoms with van der Waals surface area (Å²) in [6, 6.07) is 11.0. The maximum atomic E-state index is 12.6. The summed E-state index contributed by atoms with van der Waals surface area (Å²) in [5.74, 6) is 7.26. The Hall–Kier alpha value is -4.88. The van der Waals surface area contributed by atoms with Gasteiger partial charge in [0.05, 0.1) is 29.3 Å². The monoisotopic (exact) mass is 521 g/mol. The molecule has 39 heavy (non-hydrogen) atoms. The number of carbonyl (C=O) groups is 1. The number of carbonyl (C=O) groups excluding carboxylic acids is 1. The minimum atomic E-state index is -0.412. The Bertz CT molecular complexity index is 1610. The Morgan fingerprint density at radius 1 is 1.10 bits per heavy atom. The molecule has 4 aromatic rings. The average molecular weight is 522 g/mol. The molecule has 0 saturated heterocycles. The highest BCUT2D eigenvalue weighted by atomic mass is 16.2. The number of nitrogens with one attached hydrogen (secondary N) is 2. The largest absolute Gasteiger partial charge is 0.383 e. The lowest BCUT2D eigenvalue weighted by molar-refractivity contribution is -0.117. The Balaban J connectivity index is 1.78. The van der Waals surface area contributed by atoms with Crippen molar-refractivity contribution in [3.05, 3.63) is 77.3 Å². The van der Waals surface area contributed by atoms with Crippen LogP contribution in [0.2, 0.25) is 0 Å². The molecule has 4 rings (SSSR count). The number of rotatable bonds is 6. The van der Waals surface area contributed by atoms with E-state index < -0.39 is 6.04 Å². The van der Waals surface area contributed by atoms with Crippen LogP contribution in [0.15, 0.2) is 53.9 Å². The molecule has 3 aromatic heterocycles. The molecule has 0 aliphatic carbocycles. The first-order chi connectivity index (χ1) is 18.7. The van der Waals surface area contributed by atoms with E-state index in [0.29, 0.717) is 45.7 Å². The number of nitrogens with two attached hydrogens (primary N) is 1. The van der Waals surface area contributed by atoms with E-state index in [4.69, 9.17) is 5.73 Å². The molecular formula is C29H31N9O. The number of anilines is 2. The summed E-state index contributed by atoms with van der Waals surface area (Å²) in [7, 11) is 3.40. The zero-order valence-corrected chi connectivity index (χ0v) is 22.9. The van der Waals surface area contributed by atoms with Crippen LogP contribution in [0.4, 0.5) is 11.6 Å². The van der Waals surface area contributed by atoms with Gasteiger partial charge in [0.1, 0.15) is 23.2 Å². The first-order valence-electron chi connectivity index (χ1n) is 12.4. The number of aryl methyl sites for hydroxylation is 2. The van der Waals surface area contributed by atoms with E-state index in [0.717, 1.165) is 16.9 Å². The SMILES string of the molecule is CN=C(C)c1c(N)nc(C)nc1-c1cc(C#Cc2ccc(-n3cnc(C)c3)cc2)nc(NC(=O)C(C)NC)c1. The Morgan fingerprint density at radius 3 is 2.49 bits per heavy atom. The van der Waals surface area contributed by atoms with Crippen LogP contribution in [-0.4, -0.2) is 56.3 Å². The number of nitrogen functional groups attached to an aromatic ring is 1. The first-order valence-corrected chi connectivity index (χ1v) is 12.4. The third kappa shape index (κ3) is 6.34. The van der Waals surface area contributed by atoms with Gasteiger partial charge in [0.15, 0.2) is 0 Å². The molecule has 1 aromatic carbocycles. The van der Waals surface area contributed by atoms with Crippen molar-refractivity contribution in [2.45, 2.75) is 33.7 Å². The zero-order chi connectivity index (χ0) is 28.1. The number of hydrogen-bond donors (Lipinski definition) is 3. The Kier molecular flexibility index (Phi) is 8.13. The van der Waals surface area contributed by atoms with Crippen LogP contribution in [0, 0.1) is 25.7 Å². The van der Waals surface area contributed by atoms with Crippen LogP contribution in [0.1, 0.15) is 42.2 Å². The van der Waals surface area contributed by atoms with Gasteiger partial charge in [-0.3, -0.25) is 9.79 Å². The molecule has 10 heteroatoms. The van der Waals surface area contributed by atoms with Crippen LogP contribution in [-0.2, 0) is 4.79 Å². The summed E-state index contributed by atoms with van der Waals surface area (Å²) in [5.41, 5.74) is 12.1. The van der Waals surface area contributed by atoms with E-state index in [1.54, 1.807) is 40.3 Å². The molecule has 0 aliphatic heterocycles. The van der Waals surface area contributed by atoms with Gasteiger partial charge in [-0.2, -0.15) is 0 Å². The van der Waals surface area contributed by atoms with Gasteiger partial charge in [0.25, 0.3) is 0 Å². The van der Waals surface area contributed by atoms with Crippen molar-refractivity contribution < 1.29 is 4.79 Å². The minimum Gasteiger partial charge on any atom is -0.383 e. The highest BCUT2D eigenvalue weighted by Crippen LogP contribution is 2.28. The van der Waals surface area contributed by atoms with E-state index in [1.807, 2.05) is 54.9 Å². The predicted molar refractivity (Wildman–Crippen MR) is 154 cm³/mol. The number of likely N-dealkylation sites (N-methyl/N-ethyl adjacent to an activating group) is 1. The van der Waals surface area contributed by atoms with Gasteiger partial charge in [-0.05, 0) is 77.1 Å². The standard InChI is InChI=1S/C29H31N9O/c1-17-15-38(16-33-17)24-11-8-21(9-12-24)7-10-23-13-22(14-25(36-23)37-29(39)19(3)32-6)27-26(18(2)31-5)28(30)35-20(4)34-27/h8-9,11-16,19,32H,1-6H3,(H2,30,34,35)(H,36,37,39). The molecule has 0 spiro atoms. The lowest BCUT2D eigenvalue weighted by Gasteiger charge is -2.14. The maximum Gasteiger partial charge on any atom is 0.242 e. The second-order valence-corrected chi connectivity index (χ2v) is 9.03. The fourth-order valence-electron chi connectivity index (χ4n) is 3.85. The summed E-state index contributed by atoms with van der Waals surface area (Å²) in [5, 5.41) is 5.80. The van der Waals surface area contributed by atoms with Gasteiger partial charge in [0.2, 0.25) is 5.91 Å². The van der Waals surface area contributed by atoms with Crippen molar-refractivity contribution in [1.29, 1.82) is 0 Å². The van der Waals surface area contributed by atoms with E-state index in [1.165, 1.54) is 0 Å². The van der Waals surface area contributed by atoms with E-state index >= 15 is 0 Å². The third-order valence-corrected chi connectivity index (χ3v) is 6.13. The number of hydrogen-bond acceptors (Lipinski definition) is 8. The summed E-state index contributed by atoms with van der Waals surface area (Å²) in [6.07, 6.45) is 3.73. The quantitative estimate of drug-likeness (QED) is 0.262. The predicted octanol–water partition coefficient (Wildman–Crippen LogP) is 3.31. The number of aliphatic imine (C=N–C) groups is 1. The Morgan fingerprint density at radius 2 is 1.85 bits per heavy atom. The van der Waals surface area contributed by atoms with Crippen molar-refractivity contribution in [3.8, 4) is 28.8 Å². The average Bonchev–Trinajstić information content (AvgIpc) is 3.36. The number of aromatic nitrogens is 5.